The second-order valence-corrected chi connectivity index (χ2v) is 8.12. The van der Waals surface area contributed by atoms with Crippen molar-refractivity contribution in [3.8, 4) is 17.2 Å². The first-order chi connectivity index (χ1) is 17.0. The van der Waals surface area contributed by atoms with E-state index in [9.17, 15) is 4.79 Å². The maximum absolute atomic E-state index is 13.9. The van der Waals surface area contributed by atoms with E-state index in [1.165, 1.54) is 0 Å². The van der Waals surface area contributed by atoms with Crippen LogP contribution in [-0.2, 0) is 4.79 Å². The standard InChI is InChI=1S/C27H26N4O4/c1-16-24(26(32)29-20-10-6-8-12-22(20)34-3)25(18-14-13-17(33-2)15-23(18)35-4)31-21-11-7-5-9-19(21)30-27(31)28-16/h5-15,25H,1-4H3,(H,28,30)(H,29,32)/t25-/m0/s1. The van der Waals surface area contributed by atoms with Gasteiger partial charge >= 0.3 is 0 Å². The summed E-state index contributed by atoms with van der Waals surface area (Å²) in [6.45, 7) is 1.88. The molecule has 0 saturated carbocycles. The van der Waals surface area contributed by atoms with Crippen LogP contribution in [0, 0.1) is 0 Å². The molecule has 35 heavy (non-hydrogen) atoms. The number of rotatable bonds is 6. The van der Waals surface area contributed by atoms with E-state index >= 15 is 0 Å². The number of benzene rings is 3. The number of amides is 1. The van der Waals surface area contributed by atoms with Gasteiger partial charge in [-0.15, -0.1) is 0 Å². The molecule has 0 saturated heterocycles. The Bertz CT molecular complexity index is 1460. The molecule has 1 atom stereocenters. The number of anilines is 2. The fourth-order valence-electron chi connectivity index (χ4n) is 4.53. The SMILES string of the molecule is COc1ccc([C@H]2C(C(=O)Nc3ccccc3OC)=C(C)Nc3nc4ccccc4n32)c(OC)c1. The summed E-state index contributed by atoms with van der Waals surface area (Å²) in [4.78, 5) is 18.6. The molecule has 1 aliphatic heterocycles. The number of imidazole rings is 1. The molecule has 2 N–H and O–H groups in total. The van der Waals surface area contributed by atoms with Crippen LogP contribution >= 0.6 is 0 Å². The lowest BCUT2D eigenvalue weighted by Crippen LogP contribution is -2.31. The molecule has 1 aromatic heterocycles. The normalized spacial score (nSPS) is 14.8. The van der Waals surface area contributed by atoms with Crippen molar-refractivity contribution in [1.82, 2.24) is 9.55 Å². The van der Waals surface area contributed by atoms with Crippen molar-refractivity contribution < 1.29 is 19.0 Å². The second-order valence-electron chi connectivity index (χ2n) is 8.12. The highest BCUT2D eigenvalue weighted by Crippen LogP contribution is 2.43. The van der Waals surface area contributed by atoms with Crippen molar-refractivity contribution in [2.24, 2.45) is 0 Å². The van der Waals surface area contributed by atoms with Crippen LogP contribution in [0.1, 0.15) is 18.5 Å². The zero-order valence-electron chi connectivity index (χ0n) is 20.0. The van der Waals surface area contributed by atoms with Gasteiger partial charge in [-0.3, -0.25) is 9.36 Å². The Balaban J connectivity index is 1.70. The van der Waals surface area contributed by atoms with Gasteiger partial charge in [0.1, 0.15) is 17.2 Å². The van der Waals surface area contributed by atoms with E-state index in [4.69, 9.17) is 19.2 Å². The minimum Gasteiger partial charge on any atom is -0.497 e. The minimum absolute atomic E-state index is 0.259. The Morgan fingerprint density at radius 3 is 2.46 bits per heavy atom. The number of nitrogens with zero attached hydrogens (tertiary/aromatic N) is 2. The average Bonchev–Trinajstić information content (AvgIpc) is 3.25. The summed E-state index contributed by atoms with van der Waals surface area (Å²) in [5, 5.41) is 6.36. The highest BCUT2D eigenvalue weighted by molar-refractivity contribution is 6.07. The number of nitrogens with one attached hydrogen (secondary N) is 2. The summed E-state index contributed by atoms with van der Waals surface area (Å²) < 4.78 is 18.6. The van der Waals surface area contributed by atoms with E-state index in [-0.39, 0.29) is 5.91 Å². The predicted molar refractivity (Wildman–Crippen MR) is 135 cm³/mol. The van der Waals surface area contributed by atoms with Gasteiger partial charge in [0.15, 0.2) is 0 Å². The van der Waals surface area contributed by atoms with Crippen LogP contribution in [0.25, 0.3) is 11.0 Å². The van der Waals surface area contributed by atoms with Crippen LogP contribution in [0.4, 0.5) is 11.6 Å². The van der Waals surface area contributed by atoms with Gasteiger partial charge in [0.2, 0.25) is 5.95 Å². The van der Waals surface area contributed by atoms with Crippen LogP contribution in [0.3, 0.4) is 0 Å². The van der Waals surface area contributed by atoms with Gasteiger partial charge in [0.05, 0.1) is 49.7 Å². The third-order valence-corrected chi connectivity index (χ3v) is 6.17. The number of carbonyl (C=O) groups excluding carboxylic acids is 1. The monoisotopic (exact) mass is 470 g/mol. The summed E-state index contributed by atoms with van der Waals surface area (Å²) in [5.41, 5.74) is 4.35. The van der Waals surface area contributed by atoms with Crippen LogP contribution in [0.5, 0.6) is 17.2 Å². The molecule has 0 bridgehead atoms. The number of allylic oxidation sites excluding steroid dienone is 1. The first-order valence-corrected chi connectivity index (χ1v) is 11.2. The molecule has 3 aromatic carbocycles. The molecule has 0 spiro atoms. The number of methoxy groups -OCH3 is 3. The van der Waals surface area contributed by atoms with Gasteiger partial charge in [-0.2, -0.15) is 0 Å². The van der Waals surface area contributed by atoms with E-state index in [0.717, 1.165) is 16.6 Å². The Morgan fingerprint density at radius 2 is 1.69 bits per heavy atom. The number of aromatic nitrogens is 2. The van der Waals surface area contributed by atoms with Crippen molar-refractivity contribution in [2.75, 3.05) is 32.0 Å². The Labute approximate surface area is 203 Å². The fourth-order valence-corrected chi connectivity index (χ4v) is 4.53. The lowest BCUT2D eigenvalue weighted by atomic mass is 9.93. The van der Waals surface area contributed by atoms with Gasteiger partial charge in [0, 0.05) is 17.3 Å². The Hall–Kier alpha value is -4.46. The third kappa shape index (κ3) is 3.82. The van der Waals surface area contributed by atoms with Gasteiger partial charge in [-0.05, 0) is 43.3 Å². The molecule has 8 heteroatoms. The molecular formula is C27H26N4O4. The lowest BCUT2D eigenvalue weighted by molar-refractivity contribution is -0.113. The molecule has 2 heterocycles. The van der Waals surface area contributed by atoms with Gasteiger partial charge in [-0.1, -0.05) is 24.3 Å². The van der Waals surface area contributed by atoms with Crippen LogP contribution in [0.2, 0.25) is 0 Å². The number of hydrogen-bond acceptors (Lipinski definition) is 6. The number of carbonyl (C=O) groups is 1. The van der Waals surface area contributed by atoms with Crippen LogP contribution in [0.15, 0.2) is 78.0 Å². The number of para-hydroxylation sites is 4. The highest BCUT2D eigenvalue weighted by Gasteiger charge is 2.36. The van der Waals surface area contributed by atoms with Crippen molar-refractivity contribution in [2.45, 2.75) is 13.0 Å². The summed E-state index contributed by atoms with van der Waals surface area (Å²) in [6, 6.07) is 20.3. The van der Waals surface area contributed by atoms with Crippen molar-refractivity contribution in [3.63, 3.8) is 0 Å². The quantitative estimate of drug-likeness (QED) is 0.413. The van der Waals surface area contributed by atoms with Crippen molar-refractivity contribution in [1.29, 1.82) is 0 Å². The van der Waals surface area contributed by atoms with Crippen molar-refractivity contribution >= 4 is 28.6 Å². The highest BCUT2D eigenvalue weighted by atomic mass is 16.5. The van der Waals surface area contributed by atoms with E-state index in [1.54, 1.807) is 27.4 Å². The maximum Gasteiger partial charge on any atom is 0.255 e. The molecule has 178 valence electrons. The zero-order chi connectivity index (χ0) is 24.5. The number of ether oxygens (including phenoxy) is 3. The van der Waals surface area contributed by atoms with Gasteiger partial charge in [-0.25, -0.2) is 4.98 Å². The summed E-state index contributed by atoms with van der Waals surface area (Å²) in [5.74, 6) is 2.24. The van der Waals surface area contributed by atoms with E-state index in [0.29, 0.717) is 40.2 Å². The predicted octanol–water partition coefficient (Wildman–Crippen LogP) is 4.99. The topological polar surface area (TPSA) is 86.6 Å². The average molecular weight is 471 g/mol. The molecule has 1 aliphatic rings. The van der Waals surface area contributed by atoms with Gasteiger partial charge in [0.25, 0.3) is 5.91 Å². The molecule has 5 rings (SSSR count). The summed E-state index contributed by atoms with van der Waals surface area (Å²) >= 11 is 0. The summed E-state index contributed by atoms with van der Waals surface area (Å²) in [6.07, 6.45) is 0. The summed E-state index contributed by atoms with van der Waals surface area (Å²) in [7, 11) is 4.79. The van der Waals surface area contributed by atoms with E-state index < -0.39 is 6.04 Å². The van der Waals surface area contributed by atoms with E-state index in [1.807, 2.05) is 72.2 Å². The molecule has 0 fully saturated rings. The first-order valence-electron chi connectivity index (χ1n) is 11.2. The van der Waals surface area contributed by atoms with Crippen LogP contribution < -0.4 is 24.8 Å². The zero-order valence-corrected chi connectivity index (χ0v) is 20.0. The largest absolute Gasteiger partial charge is 0.497 e. The molecule has 8 nitrogen and oxygen atoms in total. The molecule has 1 amide bonds. The lowest BCUT2D eigenvalue weighted by Gasteiger charge is -2.31. The Kier molecular flexibility index (Phi) is 5.78. The number of fused-ring (bicyclic) bond motifs is 3. The number of hydrogen-bond donors (Lipinski definition) is 2. The molecule has 4 aromatic rings. The fraction of sp³-hybridized carbons (Fsp3) is 0.185. The van der Waals surface area contributed by atoms with Gasteiger partial charge < -0.3 is 24.8 Å². The molecular weight excluding hydrogens is 444 g/mol. The molecule has 0 aliphatic carbocycles. The second kappa shape index (κ2) is 9.06. The third-order valence-electron chi connectivity index (χ3n) is 6.17. The van der Waals surface area contributed by atoms with Crippen LogP contribution in [-0.4, -0.2) is 36.8 Å². The minimum atomic E-state index is -0.505. The van der Waals surface area contributed by atoms with E-state index in [2.05, 4.69) is 10.6 Å². The maximum atomic E-state index is 13.9. The first kappa shape index (κ1) is 22.3. The smallest absolute Gasteiger partial charge is 0.255 e. The molecule has 0 radical (unpaired) electrons. The molecule has 0 unspecified atom stereocenters. The van der Waals surface area contributed by atoms with Crippen molar-refractivity contribution in [3.05, 3.63) is 83.6 Å². The Morgan fingerprint density at radius 1 is 0.943 bits per heavy atom.